The van der Waals surface area contributed by atoms with Crippen LogP contribution in [0.1, 0.15) is 68.6 Å². The van der Waals surface area contributed by atoms with Crippen molar-refractivity contribution in [3.05, 3.63) is 40.4 Å². The number of piperidine rings is 1. The molecule has 2 N–H and O–H groups in total. The van der Waals surface area contributed by atoms with Crippen LogP contribution in [0.25, 0.3) is 0 Å². The summed E-state index contributed by atoms with van der Waals surface area (Å²) in [6, 6.07) is 4.86. The second-order valence-corrected chi connectivity index (χ2v) is 9.68. The lowest BCUT2D eigenvalue weighted by Crippen LogP contribution is -2.42. The molecule has 1 atom stereocenters. The lowest BCUT2D eigenvalue weighted by molar-refractivity contribution is 0.0811. The summed E-state index contributed by atoms with van der Waals surface area (Å²) >= 11 is 6.42. The van der Waals surface area contributed by atoms with Crippen LogP contribution in [0.15, 0.2) is 18.2 Å². The number of hydrogen-bond donors (Lipinski definition) is 2. The van der Waals surface area contributed by atoms with E-state index in [9.17, 15) is 4.79 Å². The van der Waals surface area contributed by atoms with Crippen LogP contribution in [0.4, 0.5) is 0 Å². The largest absolute Gasteiger partial charge is 0.489 e. The first-order valence-corrected chi connectivity index (χ1v) is 10.9. The smallest absolute Gasteiger partial charge is 0.251 e. The van der Waals surface area contributed by atoms with E-state index in [1.807, 2.05) is 13.8 Å². The molecule has 1 aliphatic heterocycles. The van der Waals surface area contributed by atoms with Gasteiger partial charge in [0.1, 0.15) is 17.7 Å². The fraction of sp³-hybridized carbons (Fsp3) is 0.591. The number of aromatic nitrogens is 3. The third kappa shape index (κ3) is 6.19. The molecule has 0 aliphatic carbocycles. The van der Waals surface area contributed by atoms with Crippen molar-refractivity contribution in [1.82, 2.24) is 25.4 Å². The molecule has 8 heteroatoms. The van der Waals surface area contributed by atoms with Crippen molar-refractivity contribution in [2.75, 3.05) is 19.6 Å². The molecule has 2 heterocycles. The van der Waals surface area contributed by atoms with Crippen LogP contribution in [-0.4, -0.2) is 51.7 Å². The second kappa shape index (κ2) is 9.35. The van der Waals surface area contributed by atoms with E-state index in [-0.39, 0.29) is 18.1 Å². The molecule has 164 valence electrons. The van der Waals surface area contributed by atoms with Gasteiger partial charge >= 0.3 is 0 Å². The summed E-state index contributed by atoms with van der Waals surface area (Å²) in [6.45, 7) is 13.6. The van der Waals surface area contributed by atoms with E-state index in [0.29, 0.717) is 33.4 Å². The minimum atomic E-state index is -0.310. The maximum atomic E-state index is 12.6. The maximum absolute atomic E-state index is 12.6. The molecule has 30 heavy (non-hydrogen) atoms. The third-order valence-corrected chi connectivity index (χ3v) is 5.37. The number of benzene rings is 1. The van der Waals surface area contributed by atoms with Crippen molar-refractivity contribution < 1.29 is 9.53 Å². The summed E-state index contributed by atoms with van der Waals surface area (Å²) in [4.78, 5) is 19.3. The van der Waals surface area contributed by atoms with Gasteiger partial charge in [-0.1, -0.05) is 32.4 Å². The SMILES string of the molecule is Cc1nc(C(C)NC(=O)c2ccc(OC3CCN(CC(C)(C)C)CC3)c(Cl)c2)n[nH]1. The zero-order chi connectivity index (χ0) is 21.9. The number of nitrogens with one attached hydrogen (secondary N) is 2. The van der Waals surface area contributed by atoms with E-state index >= 15 is 0 Å². The summed E-state index contributed by atoms with van der Waals surface area (Å²) in [5.41, 5.74) is 0.781. The van der Waals surface area contributed by atoms with Gasteiger partial charge in [-0.25, -0.2) is 4.98 Å². The first-order chi connectivity index (χ1) is 14.1. The fourth-order valence-corrected chi connectivity index (χ4v) is 3.90. The van der Waals surface area contributed by atoms with Gasteiger partial charge in [-0.05, 0) is 50.3 Å². The minimum absolute atomic E-state index is 0.146. The summed E-state index contributed by atoms with van der Waals surface area (Å²) in [5.74, 6) is 1.65. The zero-order valence-corrected chi connectivity index (χ0v) is 19.2. The molecule has 0 spiro atoms. The number of halogens is 1. The van der Waals surface area contributed by atoms with Gasteiger partial charge in [-0.2, -0.15) is 5.10 Å². The molecule has 1 unspecified atom stereocenters. The number of nitrogens with zero attached hydrogens (tertiary/aromatic N) is 3. The molecule has 1 aromatic heterocycles. The number of carbonyl (C=O) groups excluding carboxylic acids is 1. The van der Waals surface area contributed by atoms with Crippen molar-refractivity contribution in [2.45, 2.75) is 59.6 Å². The summed E-state index contributed by atoms with van der Waals surface area (Å²) in [7, 11) is 0. The van der Waals surface area contributed by atoms with Crippen LogP contribution < -0.4 is 10.1 Å². The van der Waals surface area contributed by atoms with E-state index in [0.717, 1.165) is 32.5 Å². The second-order valence-electron chi connectivity index (χ2n) is 9.27. The van der Waals surface area contributed by atoms with Gasteiger partial charge in [0.25, 0.3) is 5.91 Å². The number of aryl methyl sites for hydroxylation is 1. The van der Waals surface area contributed by atoms with Crippen LogP contribution in [0.2, 0.25) is 5.02 Å². The van der Waals surface area contributed by atoms with E-state index in [4.69, 9.17) is 16.3 Å². The molecule has 0 bridgehead atoms. The fourth-order valence-electron chi connectivity index (χ4n) is 3.67. The van der Waals surface area contributed by atoms with Crippen molar-refractivity contribution in [1.29, 1.82) is 0 Å². The van der Waals surface area contributed by atoms with Crippen LogP contribution in [0.3, 0.4) is 0 Å². The van der Waals surface area contributed by atoms with Crippen molar-refractivity contribution in [3.8, 4) is 5.75 Å². The molecule has 0 saturated carbocycles. The van der Waals surface area contributed by atoms with Crippen molar-refractivity contribution in [2.24, 2.45) is 5.41 Å². The van der Waals surface area contributed by atoms with Crippen LogP contribution in [0, 0.1) is 12.3 Å². The zero-order valence-electron chi connectivity index (χ0n) is 18.5. The summed E-state index contributed by atoms with van der Waals surface area (Å²) < 4.78 is 6.14. The van der Waals surface area contributed by atoms with Crippen LogP contribution in [0.5, 0.6) is 5.75 Å². The number of likely N-dealkylation sites (tertiary alicyclic amines) is 1. The van der Waals surface area contributed by atoms with Crippen LogP contribution >= 0.6 is 11.6 Å². The van der Waals surface area contributed by atoms with Gasteiger partial charge in [0, 0.05) is 25.2 Å². The van der Waals surface area contributed by atoms with E-state index < -0.39 is 0 Å². The highest BCUT2D eigenvalue weighted by Crippen LogP contribution is 2.29. The molecular formula is C22H32ClN5O2. The summed E-state index contributed by atoms with van der Waals surface area (Å²) in [6.07, 6.45) is 2.09. The minimum Gasteiger partial charge on any atom is -0.489 e. The van der Waals surface area contributed by atoms with Gasteiger partial charge in [0.05, 0.1) is 11.1 Å². The van der Waals surface area contributed by atoms with Gasteiger partial charge in [-0.3, -0.25) is 9.89 Å². The molecule has 0 radical (unpaired) electrons. The average molecular weight is 434 g/mol. The molecular weight excluding hydrogens is 402 g/mol. The normalized spacial score (nSPS) is 17.0. The molecule has 1 aromatic carbocycles. The number of rotatable bonds is 6. The Labute approximate surface area is 183 Å². The molecule has 7 nitrogen and oxygen atoms in total. The number of carbonyl (C=O) groups is 1. The Morgan fingerprint density at radius 2 is 2.07 bits per heavy atom. The number of amides is 1. The Kier molecular flexibility index (Phi) is 7.03. The third-order valence-electron chi connectivity index (χ3n) is 5.07. The highest BCUT2D eigenvalue weighted by Gasteiger charge is 2.24. The van der Waals surface area contributed by atoms with Gasteiger partial charge in [0.2, 0.25) is 0 Å². The first kappa shape index (κ1) is 22.6. The number of H-pyrrole nitrogens is 1. The number of aromatic amines is 1. The number of ether oxygens (including phenoxy) is 1. The Morgan fingerprint density at radius 1 is 1.37 bits per heavy atom. The Bertz CT molecular complexity index is 869. The Hall–Kier alpha value is -2.12. The standard InChI is InChI=1S/C22H32ClN5O2/c1-14(20-25-15(2)26-27-20)24-21(29)16-6-7-19(18(23)12-16)30-17-8-10-28(11-9-17)13-22(3,4)5/h6-7,12,14,17H,8-11,13H2,1-5H3,(H,24,29)(H,25,26,27). The lowest BCUT2D eigenvalue weighted by atomic mass is 9.94. The van der Waals surface area contributed by atoms with E-state index in [1.165, 1.54) is 0 Å². The topological polar surface area (TPSA) is 83.1 Å². The van der Waals surface area contributed by atoms with Gasteiger partial charge in [0.15, 0.2) is 5.82 Å². The van der Waals surface area contributed by atoms with E-state index in [1.54, 1.807) is 18.2 Å². The molecule has 1 saturated heterocycles. The molecule has 1 fully saturated rings. The van der Waals surface area contributed by atoms with Crippen molar-refractivity contribution in [3.63, 3.8) is 0 Å². The first-order valence-electron chi connectivity index (χ1n) is 10.5. The summed E-state index contributed by atoms with van der Waals surface area (Å²) in [5, 5.41) is 10.2. The Morgan fingerprint density at radius 3 is 2.63 bits per heavy atom. The Balaban J connectivity index is 1.54. The molecule has 1 aliphatic rings. The van der Waals surface area contributed by atoms with Gasteiger partial charge in [-0.15, -0.1) is 0 Å². The lowest BCUT2D eigenvalue weighted by Gasteiger charge is -2.36. The van der Waals surface area contributed by atoms with Crippen LogP contribution in [-0.2, 0) is 0 Å². The molecule has 3 rings (SSSR count). The predicted molar refractivity (Wildman–Crippen MR) is 118 cm³/mol. The highest BCUT2D eigenvalue weighted by atomic mass is 35.5. The maximum Gasteiger partial charge on any atom is 0.251 e. The molecule has 2 aromatic rings. The monoisotopic (exact) mass is 433 g/mol. The predicted octanol–water partition coefficient (Wildman–Crippen LogP) is 4.15. The van der Waals surface area contributed by atoms with Gasteiger partial charge < -0.3 is 15.0 Å². The average Bonchev–Trinajstić information content (AvgIpc) is 3.10. The number of hydrogen-bond acceptors (Lipinski definition) is 5. The van der Waals surface area contributed by atoms with Crippen molar-refractivity contribution >= 4 is 17.5 Å². The van der Waals surface area contributed by atoms with E-state index in [2.05, 4.69) is 46.2 Å². The quantitative estimate of drug-likeness (QED) is 0.715. The molecule has 1 amide bonds. The highest BCUT2D eigenvalue weighted by molar-refractivity contribution is 6.32.